The van der Waals surface area contributed by atoms with E-state index in [-0.39, 0.29) is 11.7 Å². The third-order valence-corrected chi connectivity index (χ3v) is 4.80. The van der Waals surface area contributed by atoms with E-state index in [4.69, 9.17) is 21.7 Å². The van der Waals surface area contributed by atoms with Crippen molar-refractivity contribution in [2.75, 3.05) is 13.2 Å². The van der Waals surface area contributed by atoms with Gasteiger partial charge in [0.05, 0.1) is 6.61 Å². The maximum atomic E-state index is 12.4. The lowest BCUT2D eigenvalue weighted by Gasteiger charge is -2.13. The maximum Gasteiger partial charge on any atom is 0.276 e. The lowest BCUT2D eigenvalue weighted by molar-refractivity contribution is -0.123. The molecule has 31 heavy (non-hydrogen) atoms. The molecular formula is C22H26BrN3O4S. The SMILES string of the molecule is Cc1cc(Br)ccc1OCC(=O)NNC(=S)NC(=O)c1cccc(OCCC(C)C)c1. The number of aryl methyl sites for hydroxylation is 1. The Morgan fingerprint density at radius 1 is 1.10 bits per heavy atom. The summed E-state index contributed by atoms with van der Waals surface area (Å²) in [4.78, 5) is 24.3. The largest absolute Gasteiger partial charge is 0.494 e. The van der Waals surface area contributed by atoms with E-state index >= 15 is 0 Å². The Labute approximate surface area is 196 Å². The Bertz CT molecular complexity index is 937. The minimum absolute atomic E-state index is 0.0377. The van der Waals surface area contributed by atoms with Crippen LogP contribution in [0.15, 0.2) is 46.9 Å². The predicted molar refractivity (Wildman–Crippen MR) is 127 cm³/mol. The first-order valence-electron chi connectivity index (χ1n) is 9.76. The Kier molecular flexibility index (Phi) is 9.74. The molecule has 0 aliphatic heterocycles. The number of carbonyl (C=O) groups excluding carboxylic acids is 2. The lowest BCUT2D eigenvalue weighted by Crippen LogP contribution is -2.49. The van der Waals surface area contributed by atoms with E-state index in [1.54, 1.807) is 30.3 Å². The molecule has 0 heterocycles. The number of amides is 2. The monoisotopic (exact) mass is 507 g/mol. The van der Waals surface area contributed by atoms with Crippen LogP contribution >= 0.6 is 28.1 Å². The van der Waals surface area contributed by atoms with Crippen molar-refractivity contribution in [3.05, 3.63) is 58.1 Å². The fraction of sp³-hybridized carbons (Fsp3) is 0.318. The van der Waals surface area contributed by atoms with Crippen LogP contribution in [0.2, 0.25) is 0 Å². The summed E-state index contributed by atoms with van der Waals surface area (Å²) in [5, 5.41) is 2.47. The number of hydrazine groups is 1. The highest BCUT2D eigenvalue weighted by Crippen LogP contribution is 2.22. The Hall–Kier alpha value is -2.65. The molecular weight excluding hydrogens is 482 g/mol. The van der Waals surface area contributed by atoms with Crippen LogP contribution in [0.25, 0.3) is 0 Å². The summed E-state index contributed by atoms with van der Waals surface area (Å²) in [6, 6.07) is 12.3. The number of benzene rings is 2. The molecule has 2 amide bonds. The molecule has 0 radical (unpaired) electrons. The maximum absolute atomic E-state index is 12.4. The van der Waals surface area contributed by atoms with Crippen molar-refractivity contribution in [3.8, 4) is 11.5 Å². The number of ether oxygens (including phenoxy) is 2. The summed E-state index contributed by atoms with van der Waals surface area (Å²) in [5.74, 6) is 0.891. The van der Waals surface area contributed by atoms with Gasteiger partial charge in [-0.3, -0.25) is 25.8 Å². The van der Waals surface area contributed by atoms with Gasteiger partial charge < -0.3 is 9.47 Å². The number of rotatable bonds is 8. The molecule has 2 aromatic rings. The van der Waals surface area contributed by atoms with Gasteiger partial charge in [-0.05, 0) is 73.4 Å². The summed E-state index contributed by atoms with van der Waals surface area (Å²) in [6.45, 7) is 6.49. The van der Waals surface area contributed by atoms with E-state index < -0.39 is 11.8 Å². The average Bonchev–Trinajstić information content (AvgIpc) is 2.71. The predicted octanol–water partition coefficient (Wildman–Crippen LogP) is 3.90. The van der Waals surface area contributed by atoms with Gasteiger partial charge in [0.1, 0.15) is 11.5 Å². The van der Waals surface area contributed by atoms with Crippen LogP contribution in [0.4, 0.5) is 0 Å². The highest BCUT2D eigenvalue weighted by atomic mass is 79.9. The molecule has 9 heteroatoms. The number of halogens is 1. The van der Waals surface area contributed by atoms with Gasteiger partial charge in [0, 0.05) is 10.0 Å². The number of thiocarbonyl (C=S) groups is 1. The molecule has 2 rings (SSSR count). The number of hydrogen-bond donors (Lipinski definition) is 3. The van der Waals surface area contributed by atoms with Gasteiger partial charge in [-0.1, -0.05) is 35.8 Å². The highest BCUT2D eigenvalue weighted by molar-refractivity contribution is 9.10. The molecule has 2 aromatic carbocycles. The van der Waals surface area contributed by atoms with Crippen molar-refractivity contribution in [1.29, 1.82) is 0 Å². The second-order valence-corrected chi connectivity index (χ2v) is 8.54. The second kappa shape index (κ2) is 12.3. The van der Waals surface area contributed by atoms with E-state index in [9.17, 15) is 9.59 Å². The van der Waals surface area contributed by atoms with Crippen LogP contribution in [0.1, 0.15) is 36.2 Å². The zero-order valence-corrected chi connectivity index (χ0v) is 20.1. The number of hydrogen-bond acceptors (Lipinski definition) is 5. The zero-order valence-electron chi connectivity index (χ0n) is 17.7. The molecule has 166 valence electrons. The molecule has 0 spiro atoms. The van der Waals surface area contributed by atoms with Crippen molar-refractivity contribution in [2.24, 2.45) is 5.92 Å². The van der Waals surface area contributed by atoms with Crippen LogP contribution < -0.4 is 25.6 Å². The van der Waals surface area contributed by atoms with Crippen LogP contribution in [0.3, 0.4) is 0 Å². The normalized spacial score (nSPS) is 10.4. The summed E-state index contributed by atoms with van der Waals surface area (Å²) in [5.41, 5.74) is 6.16. The quantitative estimate of drug-likeness (QED) is 0.371. The average molecular weight is 508 g/mol. The van der Waals surface area contributed by atoms with E-state index in [1.165, 1.54) is 0 Å². The first-order valence-corrected chi connectivity index (χ1v) is 11.0. The molecule has 0 atom stereocenters. The van der Waals surface area contributed by atoms with Gasteiger partial charge in [-0.2, -0.15) is 0 Å². The fourth-order valence-corrected chi connectivity index (χ4v) is 3.05. The Balaban J connectivity index is 1.76. The zero-order chi connectivity index (χ0) is 22.8. The van der Waals surface area contributed by atoms with Crippen molar-refractivity contribution >= 4 is 45.1 Å². The van der Waals surface area contributed by atoms with Gasteiger partial charge >= 0.3 is 0 Å². The van der Waals surface area contributed by atoms with Crippen LogP contribution in [0.5, 0.6) is 11.5 Å². The topological polar surface area (TPSA) is 88.7 Å². The summed E-state index contributed by atoms with van der Waals surface area (Å²) in [7, 11) is 0. The van der Waals surface area contributed by atoms with E-state index in [0.717, 1.165) is 16.5 Å². The molecule has 3 N–H and O–H groups in total. The van der Waals surface area contributed by atoms with E-state index in [2.05, 4.69) is 45.9 Å². The van der Waals surface area contributed by atoms with Crippen LogP contribution in [0, 0.1) is 12.8 Å². The molecule has 0 aliphatic carbocycles. The third kappa shape index (κ3) is 8.94. The first-order chi connectivity index (χ1) is 14.7. The number of nitrogens with one attached hydrogen (secondary N) is 3. The van der Waals surface area contributed by atoms with Crippen molar-refractivity contribution in [3.63, 3.8) is 0 Å². The Morgan fingerprint density at radius 3 is 2.58 bits per heavy atom. The van der Waals surface area contributed by atoms with Gasteiger partial charge in [-0.15, -0.1) is 0 Å². The van der Waals surface area contributed by atoms with Crippen LogP contribution in [-0.4, -0.2) is 30.1 Å². The molecule has 0 unspecified atom stereocenters. The molecule has 0 fully saturated rings. The van der Waals surface area contributed by atoms with Crippen molar-refractivity contribution < 1.29 is 19.1 Å². The van der Waals surface area contributed by atoms with Gasteiger partial charge in [0.25, 0.3) is 11.8 Å². The number of carbonyl (C=O) groups is 2. The smallest absolute Gasteiger partial charge is 0.276 e. The molecule has 0 bridgehead atoms. The van der Waals surface area contributed by atoms with E-state index in [0.29, 0.717) is 29.6 Å². The molecule has 0 saturated carbocycles. The molecule has 0 saturated heterocycles. The first kappa shape index (κ1) is 24.6. The second-order valence-electron chi connectivity index (χ2n) is 7.21. The van der Waals surface area contributed by atoms with Crippen molar-refractivity contribution in [1.82, 2.24) is 16.2 Å². The summed E-state index contributed by atoms with van der Waals surface area (Å²) >= 11 is 8.43. The lowest BCUT2D eigenvalue weighted by atomic mass is 10.1. The Morgan fingerprint density at radius 2 is 1.87 bits per heavy atom. The summed E-state index contributed by atoms with van der Waals surface area (Å²) < 4.78 is 12.1. The van der Waals surface area contributed by atoms with Crippen molar-refractivity contribution in [2.45, 2.75) is 27.2 Å². The minimum atomic E-state index is -0.445. The van der Waals surface area contributed by atoms with Gasteiger partial charge in [0.2, 0.25) is 0 Å². The van der Waals surface area contributed by atoms with Gasteiger partial charge in [0.15, 0.2) is 11.7 Å². The van der Waals surface area contributed by atoms with Gasteiger partial charge in [-0.25, -0.2) is 0 Å². The molecule has 7 nitrogen and oxygen atoms in total. The van der Waals surface area contributed by atoms with E-state index in [1.807, 2.05) is 19.1 Å². The summed E-state index contributed by atoms with van der Waals surface area (Å²) in [6.07, 6.45) is 0.926. The standard InChI is InChI=1S/C22H26BrN3O4S/c1-14(2)9-10-29-18-6-4-5-16(12-18)21(28)24-22(31)26-25-20(27)13-30-19-8-7-17(23)11-15(19)3/h4-8,11-12,14H,9-10,13H2,1-3H3,(H,25,27)(H2,24,26,28,31). The molecule has 0 aromatic heterocycles. The fourth-order valence-electron chi connectivity index (χ4n) is 2.43. The minimum Gasteiger partial charge on any atom is -0.494 e. The third-order valence-electron chi connectivity index (χ3n) is 4.10. The molecule has 0 aliphatic rings. The van der Waals surface area contributed by atoms with Crippen LogP contribution in [-0.2, 0) is 4.79 Å². The highest BCUT2D eigenvalue weighted by Gasteiger charge is 2.10.